The zero-order chi connectivity index (χ0) is 26.7. The van der Waals surface area contributed by atoms with Crippen LogP contribution in [0.4, 0.5) is 0 Å². The van der Waals surface area contributed by atoms with Gasteiger partial charge < -0.3 is 23.7 Å². The first-order chi connectivity index (χ1) is 17.9. The molecule has 4 rings (SSSR count). The van der Waals surface area contributed by atoms with Crippen molar-refractivity contribution in [1.29, 1.82) is 0 Å². The van der Waals surface area contributed by atoms with Crippen LogP contribution < -0.4 is 33.8 Å². The van der Waals surface area contributed by atoms with Crippen molar-refractivity contribution in [3.05, 3.63) is 78.5 Å². The van der Waals surface area contributed by atoms with Gasteiger partial charge in [0.05, 0.1) is 56.9 Å². The Morgan fingerprint density at radius 3 is 2.30 bits per heavy atom. The van der Waals surface area contributed by atoms with E-state index in [1.807, 2.05) is 12.1 Å². The van der Waals surface area contributed by atoms with E-state index in [0.717, 1.165) is 5.56 Å². The van der Waals surface area contributed by atoms with Crippen LogP contribution in [0.1, 0.15) is 31.0 Å². The Kier molecular flexibility index (Phi) is 7.68. The van der Waals surface area contributed by atoms with Crippen LogP contribution in [0.25, 0.3) is 6.08 Å². The van der Waals surface area contributed by atoms with E-state index < -0.39 is 12.0 Å². The highest BCUT2D eigenvalue weighted by Crippen LogP contribution is 2.40. The SMILES string of the molecule is CCOC(=O)C1=C(C)N=c2s/c(=C/c3ccc(OC)c(OC)c3OC)c(=O)n2[C@H]1c1ccc(OC)cc1. The van der Waals surface area contributed by atoms with Gasteiger partial charge in [0.1, 0.15) is 5.75 Å². The molecular formula is C27H28N2O7S. The van der Waals surface area contributed by atoms with Crippen LogP contribution in [-0.4, -0.2) is 45.6 Å². The van der Waals surface area contributed by atoms with Crippen molar-refractivity contribution in [2.45, 2.75) is 19.9 Å². The first kappa shape index (κ1) is 26.0. The summed E-state index contributed by atoms with van der Waals surface area (Å²) in [4.78, 5) is 31.9. The Bertz CT molecular complexity index is 1530. The minimum atomic E-state index is -0.712. The minimum absolute atomic E-state index is 0.203. The van der Waals surface area contributed by atoms with E-state index in [-0.39, 0.29) is 12.2 Å². The summed E-state index contributed by atoms with van der Waals surface area (Å²) in [5.74, 6) is 1.51. The van der Waals surface area contributed by atoms with Gasteiger partial charge in [-0.1, -0.05) is 23.5 Å². The molecule has 0 aliphatic carbocycles. The van der Waals surface area contributed by atoms with Crippen molar-refractivity contribution in [1.82, 2.24) is 4.57 Å². The largest absolute Gasteiger partial charge is 0.497 e. The molecule has 0 saturated carbocycles. The fourth-order valence-electron chi connectivity index (χ4n) is 4.27. The fraction of sp³-hybridized carbons (Fsp3) is 0.296. The molecule has 37 heavy (non-hydrogen) atoms. The number of methoxy groups -OCH3 is 4. The summed E-state index contributed by atoms with van der Waals surface area (Å²) in [5, 5.41) is 0. The second kappa shape index (κ2) is 10.9. The molecule has 0 amide bonds. The number of benzene rings is 2. The number of hydrogen-bond donors (Lipinski definition) is 0. The molecule has 1 aromatic heterocycles. The Morgan fingerprint density at radius 1 is 1.00 bits per heavy atom. The highest BCUT2D eigenvalue weighted by Gasteiger charge is 2.33. The van der Waals surface area contributed by atoms with Crippen molar-refractivity contribution in [2.75, 3.05) is 35.0 Å². The first-order valence-corrected chi connectivity index (χ1v) is 12.3. The van der Waals surface area contributed by atoms with Crippen molar-refractivity contribution in [3.8, 4) is 23.0 Å². The summed E-state index contributed by atoms with van der Waals surface area (Å²) in [6.45, 7) is 3.69. The Morgan fingerprint density at radius 2 is 1.70 bits per heavy atom. The van der Waals surface area contributed by atoms with Gasteiger partial charge in [0.2, 0.25) is 5.75 Å². The molecule has 0 radical (unpaired) electrons. The average molecular weight is 525 g/mol. The maximum atomic E-state index is 13.8. The van der Waals surface area contributed by atoms with E-state index in [1.165, 1.54) is 37.2 Å². The molecule has 2 heterocycles. The molecule has 0 saturated heterocycles. The molecule has 3 aromatic rings. The lowest BCUT2D eigenvalue weighted by Gasteiger charge is -2.24. The molecule has 1 aliphatic rings. The second-order valence-corrected chi connectivity index (χ2v) is 9.01. The van der Waals surface area contributed by atoms with Gasteiger partial charge in [0.15, 0.2) is 16.3 Å². The average Bonchev–Trinajstić information content (AvgIpc) is 3.21. The molecule has 0 unspecified atom stereocenters. The number of carbonyl (C=O) groups excluding carboxylic acids is 1. The molecule has 0 N–H and O–H groups in total. The van der Waals surface area contributed by atoms with Crippen molar-refractivity contribution in [2.24, 2.45) is 4.99 Å². The van der Waals surface area contributed by atoms with Crippen LogP contribution in [-0.2, 0) is 9.53 Å². The Balaban J connectivity index is 1.96. The molecular weight excluding hydrogens is 496 g/mol. The van der Waals surface area contributed by atoms with Crippen LogP contribution in [0.2, 0.25) is 0 Å². The minimum Gasteiger partial charge on any atom is -0.497 e. The molecule has 1 aliphatic heterocycles. The first-order valence-electron chi connectivity index (χ1n) is 11.5. The third kappa shape index (κ3) is 4.72. The third-order valence-corrected chi connectivity index (χ3v) is 6.95. The van der Waals surface area contributed by atoms with Crippen molar-refractivity contribution < 1.29 is 28.5 Å². The van der Waals surface area contributed by atoms with Crippen LogP contribution in [0.5, 0.6) is 23.0 Å². The Labute approximate surface area is 217 Å². The summed E-state index contributed by atoms with van der Waals surface area (Å²) < 4.78 is 29.0. The van der Waals surface area contributed by atoms with E-state index in [1.54, 1.807) is 51.3 Å². The zero-order valence-corrected chi connectivity index (χ0v) is 22.3. The van der Waals surface area contributed by atoms with Gasteiger partial charge in [0.25, 0.3) is 5.56 Å². The number of fused-ring (bicyclic) bond motifs is 1. The van der Waals surface area contributed by atoms with Crippen molar-refractivity contribution >= 4 is 23.4 Å². The monoisotopic (exact) mass is 524 g/mol. The van der Waals surface area contributed by atoms with E-state index in [9.17, 15) is 9.59 Å². The molecule has 10 heteroatoms. The van der Waals surface area contributed by atoms with E-state index in [2.05, 4.69) is 4.99 Å². The maximum Gasteiger partial charge on any atom is 0.338 e. The summed E-state index contributed by atoms with van der Waals surface area (Å²) in [5.41, 5.74) is 1.88. The number of allylic oxidation sites excluding steroid dienone is 1. The number of nitrogens with zero attached hydrogens (tertiary/aromatic N) is 2. The smallest absolute Gasteiger partial charge is 0.338 e. The standard InChI is InChI=1S/C27H28N2O7S/c1-7-36-26(31)21-15(2)28-27-29(22(21)16-8-11-18(32-3)12-9-16)25(30)20(37-27)14-17-10-13-19(33-4)24(35-6)23(17)34-5/h8-14,22H,7H2,1-6H3/b20-14+/t22-/m0/s1. The second-order valence-electron chi connectivity index (χ2n) is 8.00. The van der Waals surface area contributed by atoms with E-state index in [4.69, 9.17) is 23.7 Å². The Hall–Kier alpha value is -4.05. The molecule has 9 nitrogen and oxygen atoms in total. The summed E-state index contributed by atoms with van der Waals surface area (Å²) in [7, 11) is 6.16. The number of thiazole rings is 1. The van der Waals surface area contributed by atoms with Gasteiger partial charge in [-0.3, -0.25) is 9.36 Å². The number of rotatable bonds is 8. The zero-order valence-electron chi connectivity index (χ0n) is 21.5. The lowest BCUT2D eigenvalue weighted by atomic mass is 9.96. The number of aromatic nitrogens is 1. The van der Waals surface area contributed by atoms with Gasteiger partial charge in [-0.05, 0) is 49.8 Å². The highest BCUT2D eigenvalue weighted by atomic mass is 32.1. The van der Waals surface area contributed by atoms with Crippen molar-refractivity contribution in [3.63, 3.8) is 0 Å². The quantitative estimate of drug-likeness (QED) is 0.418. The molecule has 194 valence electrons. The number of esters is 1. The normalized spacial score (nSPS) is 15.1. The topological polar surface area (TPSA) is 97.6 Å². The predicted molar refractivity (Wildman–Crippen MR) is 139 cm³/mol. The van der Waals surface area contributed by atoms with E-state index >= 15 is 0 Å². The molecule has 1 atom stereocenters. The van der Waals surface area contributed by atoms with Gasteiger partial charge >= 0.3 is 5.97 Å². The van der Waals surface area contributed by atoms with Crippen LogP contribution in [0.3, 0.4) is 0 Å². The van der Waals surface area contributed by atoms with Crippen LogP contribution >= 0.6 is 11.3 Å². The summed E-state index contributed by atoms with van der Waals surface area (Å²) in [6, 6.07) is 10.1. The molecule has 0 fully saturated rings. The maximum absolute atomic E-state index is 13.8. The number of ether oxygens (including phenoxy) is 5. The summed E-state index contributed by atoms with van der Waals surface area (Å²) in [6.07, 6.45) is 1.72. The highest BCUT2D eigenvalue weighted by molar-refractivity contribution is 7.07. The van der Waals surface area contributed by atoms with Gasteiger partial charge in [-0.2, -0.15) is 0 Å². The van der Waals surface area contributed by atoms with Crippen LogP contribution in [0, 0.1) is 0 Å². The lowest BCUT2D eigenvalue weighted by Crippen LogP contribution is -2.39. The van der Waals surface area contributed by atoms with Crippen LogP contribution in [0.15, 0.2) is 57.5 Å². The predicted octanol–water partition coefficient (Wildman–Crippen LogP) is 2.83. The number of hydrogen-bond acceptors (Lipinski definition) is 9. The molecule has 2 aromatic carbocycles. The number of carbonyl (C=O) groups is 1. The summed E-state index contributed by atoms with van der Waals surface area (Å²) >= 11 is 1.23. The van der Waals surface area contributed by atoms with Gasteiger partial charge in [-0.25, -0.2) is 9.79 Å². The van der Waals surface area contributed by atoms with Gasteiger partial charge in [0, 0.05) is 5.56 Å². The lowest BCUT2D eigenvalue weighted by molar-refractivity contribution is -0.139. The van der Waals surface area contributed by atoms with Gasteiger partial charge in [-0.15, -0.1) is 0 Å². The third-order valence-electron chi connectivity index (χ3n) is 5.97. The van der Waals surface area contributed by atoms with E-state index in [0.29, 0.717) is 49.2 Å². The molecule has 0 spiro atoms. The molecule has 0 bridgehead atoms. The fourth-order valence-corrected chi connectivity index (χ4v) is 5.31.